The maximum absolute atomic E-state index is 12.0. The van der Waals surface area contributed by atoms with Gasteiger partial charge in [0.05, 0.1) is 13.2 Å². The van der Waals surface area contributed by atoms with Crippen molar-refractivity contribution in [3.8, 4) is 6.07 Å². The highest BCUT2D eigenvalue weighted by Gasteiger charge is 2.12. The Morgan fingerprint density at radius 1 is 1.36 bits per heavy atom. The van der Waals surface area contributed by atoms with E-state index in [-0.39, 0.29) is 11.5 Å². The Kier molecular flexibility index (Phi) is 6.13. The Morgan fingerprint density at radius 3 is 2.68 bits per heavy atom. The molecule has 1 aromatic rings. The first-order valence-electron chi connectivity index (χ1n) is 7.46. The molecule has 0 atom stereocenters. The summed E-state index contributed by atoms with van der Waals surface area (Å²) in [6.45, 7) is 6.57. The first kappa shape index (κ1) is 16.2. The lowest BCUT2D eigenvalue weighted by Crippen LogP contribution is -2.41. The average molecular weight is 299 g/mol. The lowest BCUT2D eigenvalue weighted by atomic mass is 10.1. The van der Waals surface area contributed by atoms with Gasteiger partial charge in [-0.3, -0.25) is 9.69 Å². The number of carbonyl (C=O) groups is 1. The minimum Gasteiger partial charge on any atom is -0.379 e. The van der Waals surface area contributed by atoms with E-state index in [0.29, 0.717) is 6.54 Å². The molecule has 1 aliphatic rings. The summed E-state index contributed by atoms with van der Waals surface area (Å²) in [5.74, 6) is -0.323. The van der Waals surface area contributed by atoms with Gasteiger partial charge < -0.3 is 10.1 Å². The first-order chi connectivity index (χ1) is 10.7. The molecule has 116 valence electrons. The molecule has 5 heteroatoms. The summed E-state index contributed by atoms with van der Waals surface area (Å²) in [6.07, 6.45) is 1.61. The van der Waals surface area contributed by atoms with E-state index in [1.54, 1.807) is 6.08 Å². The number of ether oxygens (including phenoxy) is 1. The van der Waals surface area contributed by atoms with Gasteiger partial charge in [-0.25, -0.2) is 0 Å². The molecule has 1 heterocycles. The van der Waals surface area contributed by atoms with Crippen LogP contribution in [0.3, 0.4) is 0 Å². The van der Waals surface area contributed by atoms with Crippen molar-refractivity contribution in [1.29, 1.82) is 5.26 Å². The molecule has 0 aromatic heterocycles. The van der Waals surface area contributed by atoms with Crippen molar-refractivity contribution in [1.82, 2.24) is 10.2 Å². The summed E-state index contributed by atoms with van der Waals surface area (Å²) in [5, 5.41) is 12.0. The number of hydrogen-bond acceptors (Lipinski definition) is 4. The highest BCUT2D eigenvalue weighted by atomic mass is 16.5. The van der Waals surface area contributed by atoms with Crippen molar-refractivity contribution in [3.05, 3.63) is 41.0 Å². The third kappa shape index (κ3) is 4.99. The maximum Gasteiger partial charge on any atom is 0.261 e. The van der Waals surface area contributed by atoms with Crippen LogP contribution in [0.25, 0.3) is 6.08 Å². The van der Waals surface area contributed by atoms with E-state index in [2.05, 4.69) is 10.2 Å². The standard InChI is InChI=1S/C17H21N3O2/c1-14-2-4-15(5-3-14)12-16(13-18)17(21)19-6-7-20-8-10-22-11-9-20/h2-5,12H,6-11H2,1H3,(H,19,21)/b16-12-. The number of nitriles is 1. The van der Waals surface area contributed by atoms with Crippen molar-refractivity contribution >= 4 is 12.0 Å². The fraction of sp³-hybridized carbons (Fsp3) is 0.412. The number of nitrogens with zero attached hydrogens (tertiary/aromatic N) is 2. The normalized spacial score (nSPS) is 16.1. The summed E-state index contributed by atoms with van der Waals surface area (Å²) >= 11 is 0. The second-order valence-electron chi connectivity index (χ2n) is 5.29. The van der Waals surface area contributed by atoms with E-state index in [4.69, 9.17) is 10.00 Å². The van der Waals surface area contributed by atoms with Gasteiger partial charge in [0.25, 0.3) is 5.91 Å². The zero-order chi connectivity index (χ0) is 15.8. The van der Waals surface area contributed by atoms with E-state index < -0.39 is 0 Å². The minimum absolute atomic E-state index is 0.130. The monoisotopic (exact) mass is 299 g/mol. The van der Waals surface area contributed by atoms with Gasteiger partial charge in [0.2, 0.25) is 0 Å². The fourth-order valence-corrected chi connectivity index (χ4v) is 2.23. The second-order valence-corrected chi connectivity index (χ2v) is 5.29. The highest BCUT2D eigenvalue weighted by Crippen LogP contribution is 2.08. The number of nitrogens with one attached hydrogen (secondary N) is 1. The number of carbonyl (C=O) groups excluding carboxylic acids is 1. The zero-order valence-electron chi connectivity index (χ0n) is 12.8. The first-order valence-corrected chi connectivity index (χ1v) is 7.46. The van der Waals surface area contributed by atoms with Crippen molar-refractivity contribution < 1.29 is 9.53 Å². The minimum atomic E-state index is -0.323. The van der Waals surface area contributed by atoms with E-state index in [0.717, 1.165) is 44.0 Å². The average Bonchev–Trinajstić information content (AvgIpc) is 2.55. The summed E-state index contributed by atoms with van der Waals surface area (Å²) in [5.41, 5.74) is 2.13. The van der Waals surface area contributed by atoms with E-state index >= 15 is 0 Å². The number of morpholine rings is 1. The Bertz CT molecular complexity index is 567. The highest BCUT2D eigenvalue weighted by molar-refractivity contribution is 6.01. The van der Waals surface area contributed by atoms with Crippen molar-refractivity contribution in [3.63, 3.8) is 0 Å². The summed E-state index contributed by atoms with van der Waals surface area (Å²) in [4.78, 5) is 14.3. The molecule has 0 saturated carbocycles. The fourth-order valence-electron chi connectivity index (χ4n) is 2.23. The SMILES string of the molecule is Cc1ccc(/C=C(/C#N)C(=O)NCCN2CCOCC2)cc1. The summed E-state index contributed by atoms with van der Waals surface area (Å²) < 4.78 is 5.28. The molecular weight excluding hydrogens is 278 g/mol. The Labute approximate surface area is 131 Å². The Hall–Kier alpha value is -2.16. The lowest BCUT2D eigenvalue weighted by Gasteiger charge is -2.26. The van der Waals surface area contributed by atoms with Crippen LogP contribution in [0.1, 0.15) is 11.1 Å². The molecule has 2 rings (SSSR count). The third-order valence-corrected chi connectivity index (χ3v) is 3.57. The van der Waals surface area contributed by atoms with E-state index in [1.807, 2.05) is 37.3 Å². The van der Waals surface area contributed by atoms with Crippen LogP contribution >= 0.6 is 0 Å². The van der Waals surface area contributed by atoms with Gasteiger partial charge in [-0.2, -0.15) is 5.26 Å². The van der Waals surface area contributed by atoms with Crippen LogP contribution in [0.5, 0.6) is 0 Å². The predicted molar refractivity (Wildman–Crippen MR) is 85.0 cm³/mol. The molecule has 1 saturated heterocycles. The summed E-state index contributed by atoms with van der Waals surface area (Å²) in [7, 11) is 0. The summed E-state index contributed by atoms with van der Waals surface area (Å²) in [6, 6.07) is 9.67. The largest absolute Gasteiger partial charge is 0.379 e. The van der Waals surface area contributed by atoms with Crippen LogP contribution in [-0.4, -0.2) is 50.2 Å². The van der Waals surface area contributed by atoms with Crippen LogP contribution in [-0.2, 0) is 9.53 Å². The molecule has 0 spiro atoms. The Morgan fingerprint density at radius 2 is 2.05 bits per heavy atom. The molecule has 1 N–H and O–H groups in total. The number of benzene rings is 1. The molecular formula is C17H21N3O2. The molecule has 5 nitrogen and oxygen atoms in total. The van der Waals surface area contributed by atoms with Gasteiger partial charge in [-0.05, 0) is 18.6 Å². The van der Waals surface area contributed by atoms with Crippen molar-refractivity contribution in [2.24, 2.45) is 0 Å². The molecule has 0 aliphatic carbocycles. The van der Waals surface area contributed by atoms with Crippen LogP contribution in [0.4, 0.5) is 0 Å². The van der Waals surface area contributed by atoms with Crippen LogP contribution in [0, 0.1) is 18.3 Å². The van der Waals surface area contributed by atoms with Crippen LogP contribution in [0.2, 0.25) is 0 Å². The zero-order valence-corrected chi connectivity index (χ0v) is 12.8. The molecule has 22 heavy (non-hydrogen) atoms. The van der Waals surface area contributed by atoms with E-state index in [1.165, 1.54) is 0 Å². The van der Waals surface area contributed by atoms with Gasteiger partial charge in [-0.15, -0.1) is 0 Å². The van der Waals surface area contributed by atoms with Gasteiger partial charge in [0.15, 0.2) is 0 Å². The van der Waals surface area contributed by atoms with Crippen LogP contribution < -0.4 is 5.32 Å². The number of amides is 1. The smallest absolute Gasteiger partial charge is 0.261 e. The van der Waals surface area contributed by atoms with Gasteiger partial charge in [0.1, 0.15) is 11.6 Å². The number of aryl methyl sites for hydroxylation is 1. The topological polar surface area (TPSA) is 65.4 Å². The van der Waals surface area contributed by atoms with Crippen molar-refractivity contribution in [2.45, 2.75) is 6.92 Å². The Balaban J connectivity index is 1.86. The van der Waals surface area contributed by atoms with Gasteiger partial charge >= 0.3 is 0 Å². The molecule has 1 amide bonds. The molecule has 0 unspecified atom stereocenters. The molecule has 1 aliphatic heterocycles. The predicted octanol–water partition coefficient (Wildman–Crippen LogP) is 1.35. The number of hydrogen-bond donors (Lipinski definition) is 1. The van der Waals surface area contributed by atoms with E-state index in [9.17, 15) is 4.79 Å². The lowest BCUT2D eigenvalue weighted by molar-refractivity contribution is -0.117. The molecule has 1 aromatic carbocycles. The second kappa shape index (κ2) is 8.32. The number of rotatable bonds is 5. The maximum atomic E-state index is 12.0. The van der Waals surface area contributed by atoms with Gasteiger partial charge in [-0.1, -0.05) is 29.8 Å². The van der Waals surface area contributed by atoms with Crippen molar-refractivity contribution in [2.75, 3.05) is 39.4 Å². The third-order valence-electron chi connectivity index (χ3n) is 3.57. The molecule has 1 fully saturated rings. The van der Waals surface area contributed by atoms with Crippen LogP contribution in [0.15, 0.2) is 29.8 Å². The molecule has 0 radical (unpaired) electrons. The van der Waals surface area contributed by atoms with Gasteiger partial charge in [0, 0.05) is 26.2 Å². The molecule has 0 bridgehead atoms. The quantitative estimate of drug-likeness (QED) is 0.658.